The van der Waals surface area contributed by atoms with E-state index < -0.39 is 0 Å². The van der Waals surface area contributed by atoms with Gasteiger partial charge in [0, 0.05) is 24.7 Å². The zero-order chi connectivity index (χ0) is 15.0. The Hall–Kier alpha value is -0.810. The summed E-state index contributed by atoms with van der Waals surface area (Å²) in [6, 6.07) is 8.11. The molecule has 0 aliphatic rings. The highest BCUT2D eigenvalue weighted by atomic mass is 35.5. The number of amides is 1. The van der Waals surface area contributed by atoms with Crippen molar-refractivity contribution in [3.63, 3.8) is 0 Å². The van der Waals surface area contributed by atoms with E-state index in [2.05, 4.69) is 30.1 Å². The van der Waals surface area contributed by atoms with E-state index in [1.54, 1.807) is 0 Å². The lowest BCUT2D eigenvalue weighted by molar-refractivity contribution is -0.116. The first-order valence-corrected chi connectivity index (χ1v) is 7.41. The highest BCUT2D eigenvalue weighted by Gasteiger charge is 2.06. The van der Waals surface area contributed by atoms with Crippen molar-refractivity contribution in [1.29, 1.82) is 0 Å². The van der Waals surface area contributed by atoms with E-state index in [1.807, 2.05) is 25.1 Å². The quantitative estimate of drug-likeness (QED) is 0.755. The number of nitrogens with two attached hydrogens (primary N) is 1. The topological polar surface area (TPSA) is 58.4 Å². The van der Waals surface area contributed by atoms with Crippen molar-refractivity contribution in [3.05, 3.63) is 29.8 Å². The summed E-state index contributed by atoms with van der Waals surface area (Å²) >= 11 is 0. The highest BCUT2D eigenvalue weighted by Crippen LogP contribution is 2.13. The molecule has 1 aromatic carbocycles. The first-order chi connectivity index (χ1) is 9.55. The first kappa shape index (κ1) is 23.5. The number of carbonyl (C=O) groups is 1. The zero-order valence-electron chi connectivity index (χ0n) is 13.7. The summed E-state index contributed by atoms with van der Waals surface area (Å²) in [6.45, 7) is 9.20. The van der Waals surface area contributed by atoms with Gasteiger partial charge in [0.1, 0.15) is 0 Å². The van der Waals surface area contributed by atoms with E-state index in [4.69, 9.17) is 5.73 Å². The number of carbonyl (C=O) groups excluding carboxylic acids is 1. The van der Waals surface area contributed by atoms with Crippen LogP contribution in [0.1, 0.15) is 39.2 Å². The van der Waals surface area contributed by atoms with Crippen LogP contribution in [0.5, 0.6) is 0 Å². The van der Waals surface area contributed by atoms with E-state index in [1.165, 1.54) is 5.56 Å². The maximum atomic E-state index is 11.8. The van der Waals surface area contributed by atoms with Gasteiger partial charge in [0.05, 0.1) is 0 Å². The number of nitrogens with one attached hydrogen (secondary N) is 1. The Kier molecular flexibility index (Phi) is 13.5. The van der Waals surface area contributed by atoms with Crippen LogP contribution < -0.4 is 11.1 Å². The molecule has 128 valence electrons. The molecule has 0 spiro atoms. The summed E-state index contributed by atoms with van der Waals surface area (Å²) in [5, 5.41) is 2.93. The fraction of sp³-hybridized carbons (Fsp3) is 0.562. The molecule has 6 heteroatoms. The van der Waals surface area contributed by atoms with Crippen LogP contribution in [0.25, 0.3) is 0 Å². The fourth-order valence-corrected chi connectivity index (χ4v) is 2.04. The van der Waals surface area contributed by atoms with Gasteiger partial charge in [-0.2, -0.15) is 0 Å². The Morgan fingerprint density at radius 2 is 1.91 bits per heavy atom. The largest absolute Gasteiger partial charge is 0.328 e. The molecule has 1 rings (SSSR count). The van der Waals surface area contributed by atoms with Gasteiger partial charge in [0.15, 0.2) is 0 Å². The minimum Gasteiger partial charge on any atom is -0.328 e. The van der Waals surface area contributed by atoms with Crippen molar-refractivity contribution in [2.75, 3.05) is 18.4 Å². The summed E-state index contributed by atoms with van der Waals surface area (Å²) in [6.07, 6.45) is 1.18. The summed E-state index contributed by atoms with van der Waals surface area (Å²) in [5.74, 6) is 0.0299. The smallest absolute Gasteiger partial charge is 0.224 e. The van der Waals surface area contributed by atoms with Crippen LogP contribution in [-0.2, 0) is 11.3 Å². The predicted octanol–water partition coefficient (Wildman–Crippen LogP) is 3.44. The number of anilines is 1. The van der Waals surface area contributed by atoms with Gasteiger partial charge in [-0.3, -0.25) is 9.69 Å². The Labute approximate surface area is 146 Å². The molecule has 0 saturated heterocycles. The zero-order valence-corrected chi connectivity index (χ0v) is 15.3. The molecular weight excluding hydrogens is 321 g/mol. The van der Waals surface area contributed by atoms with Gasteiger partial charge in [-0.05, 0) is 44.1 Å². The lowest BCUT2D eigenvalue weighted by atomic mass is 10.1. The standard InChI is InChI=1S/C16H27N3O.2ClH/c1-4-19(5-2)12-14-7-6-8-15(11-14)18-16(20)10-9-13(3)17;;/h6-8,11,13H,4-5,9-10,12,17H2,1-3H3,(H,18,20);2*1H. The molecule has 1 unspecified atom stereocenters. The van der Waals surface area contributed by atoms with Crippen molar-refractivity contribution in [3.8, 4) is 0 Å². The third kappa shape index (κ3) is 9.26. The number of rotatable bonds is 8. The lowest BCUT2D eigenvalue weighted by Crippen LogP contribution is -2.22. The molecular formula is C16H29Cl2N3O. The minimum absolute atomic E-state index is 0. The normalized spacial score (nSPS) is 11.3. The summed E-state index contributed by atoms with van der Waals surface area (Å²) in [7, 11) is 0. The van der Waals surface area contributed by atoms with E-state index in [0.717, 1.165) is 25.3 Å². The van der Waals surface area contributed by atoms with Crippen LogP contribution >= 0.6 is 24.8 Å². The van der Waals surface area contributed by atoms with Crippen LogP contribution in [0, 0.1) is 0 Å². The first-order valence-electron chi connectivity index (χ1n) is 7.41. The monoisotopic (exact) mass is 349 g/mol. The van der Waals surface area contributed by atoms with Crippen LogP contribution in [0.15, 0.2) is 24.3 Å². The van der Waals surface area contributed by atoms with Crippen molar-refractivity contribution in [1.82, 2.24) is 4.90 Å². The van der Waals surface area contributed by atoms with Crippen molar-refractivity contribution in [2.45, 2.75) is 46.2 Å². The van der Waals surface area contributed by atoms with Gasteiger partial charge >= 0.3 is 0 Å². The molecule has 0 aromatic heterocycles. The summed E-state index contributed by atoms with van der Waals surface area (Å²) in [4.78, 5) is 14.1. The summed E-state index contributed by atoms with van der Waals surface area (Å²) < 4.78 is 0. The van der Waals surface area contributed by atoms with E-state index >= 15 is 0 Å². The number of hydrogen-bond acceptors (Lipinski definition) is 3. The number of nitrogens with zero attached hydrogens (tertiary/aromatic N) is 1. The minimum atomic E-state index is 0. The Bertz CT molecular complexity index is 424. The van der Waals surface area contributed by atoms with Crippen molar-refractivity contribution < 1.29 is 4.79 Å². The van der Waals surface area contributed by atoms with Crippen molar-refractivity contribution in [2.24, 2.45) is 5.73 Å². The average molecular weight is 350 g/mol. The molecule has 4 nitrogen and oxygen atoms in total. The second kappa shape index (κ2) is 12.7. The van der Waals surface area contributed by atoms with E-state index in [-0.39, 0.29) is 36.8 Å². The maximum Gasteiger partial charge on any atom is 0.224 e. The molecule has 0 bridgehead atoms. The average Bonchev–Trinajstić information content (AvgIpc) is 2.43. The van der Waals surface area contributed by atoms with E-state index in [0.29, 0.717) is 12.8 Å². The molecule has 0 aliphatic heterocycles. The highest BCUT2D eigenvalue weighted by molar-refractivity contribution is 5.90. The van der Waals surface area contributed by atoms with Crippen LogP contribution in [0.2, 0.25) is 0 Å². The molecule has 1 atom stereocenters. The van der Waals surface area contributed by atoms with Crippen LogP contribution in [0.4, 0.5) is 5.69 Å². The number of hydrogen-bond donors (Lipinski definition) is 2. The molecule has 0 saturated carbocycles. The van der Waals surface area contributed by atoms with E-state index in [9.17, 15) is 4.79 Å². The van der Waals surface area contributed by atoms with Gasteiger partial charge in [-0.1, -0.05) is 26.0 Å². The Morgan fingerprint density at radius 3 is 2.45 bits per heavy atom. The maximum absolute atomic E-state index is 11.8. The molecule has 1 aromatic rings. The summed E-state index contributed by atoms with van der Waals surface area (Å²) in [5.41, 5.74) is 7.74. The fourth-order valence-electron chi connectivity index (χ4n) is 2.04. The number of benzene rings is 1. The van der Waals surface area contributed by atoms with Gasteiger partial charge in [0.25, 0.3) is 0 Å². The van der Waals surface area contributed by atoms with Gasteiger partial charge in [0.2, 0.25) is 5.91 Å². The Morgan fingerprint density at radius 1 is 1.27 bits per heavy atom. The molecule has 1 amide bonds. The Balaban J connectivity index is 0. The third-order valence-corrected chi connectivity index (χ3v) is 3.34. The van der Waals surface area contributed by atoms with Gasteiger partial charge in [-0.15, -0.1) is 24.8 Å². The molecule has 22 heavy (non-hydrogen) atoms. The van der Waals surface area contributed by atoms with Crippen molar-refractivity contribution >= 4 is 36.4 Å². The second-order valence-electron chi connectivity index (χ2n) is 5.23. The lowest BCUT2D eigenvalue weighted by Gasteiger charge is -2.18. The third-order valence-electron chi connectivity index (χ3n) is 3.34. The molecule has 0 heterocycles. The van der Waals surface area contributed by atoms with Gasteiger partial charge in [-0.25, -0.2) is 0 Å². The molecule has 0 fully saturated rings. The van der Waals surface area contributed by atoms with Crippen LogP contribution in [-0.4, -0.2) is 29.9 Å². The molecule has 0 radical (unpaired) electrons. The molecule has 3 N–H and O–H groups in total. The molecule has 0 aliphatic carbocycles. The predicted molar refractivity (Wildman–Crippen MR) is 99.1 cm³/mol. The number of halogens is 2. The van der Waals surface area contributed by atoms with Crippen LogP contribution in [0.3, 0.4) is 0 Å². The SMILES string of the molecule is CCN(CC)Cc1cccc(NC(=O)CCC(C)N)c1.Cl.Cl. The van der Waals surface area contributed by atoms with Gasteiger partial charge < -0.3 is 11.1 Å². The second-order valence-corrected chi connectivity index (χ2v) is 5.23.